The van der Waals surface area contributed by atoms with Crippen LogP contribution >= 0.6 is 0 Å². The summed E-state index contributed by atoms with van der Waals surface area (Å²) in [4.78, 5) is 35.3. The summed E-state index contributed by atoms with van der Waals surface area (Å²) in [7, 11) is 1.58. The molecule has 1 N–H and O–H groups in total. The van der Waals surface area contributed by atoms with Crippen LogP contribution in [0.2, 0.25) is 0 Å². The molecule has 0 aromatic heterocycles. The molecule has 21 heavy (non-hydrogen) atoms. The Balaban J connectivity index is 2.48. The number of urea groups is 1. The van der Waals surface area contributed by atoms with Gasteiger partial charge >= 0.3 is 6.03 Å². The lowest BCUT2D eigenvalue weighted by molar-refractivity contribution is -0.384. The molecule has 1 aliphatic heterocycles. The standard InChI is InChI=1S/C14H15N3O4/c1-8-12(9(2)18)13(15-14(19)16(8)3)10-4-6-11(7-5-10)17(20)21/h4-7,13H,1-3H3,(H,15,19). The van der Waals surface area contributed by atoms with Crippen LogP contribution in [0, 0.1) is 10.1 Å². The third-order valence-electron chi connectivity index (χ3n) is 3.57. The van der Waals surface area contributed by atoms with E-state index in [1.54, 1.807) is 26.1 Å². The van der Waals surface area contributed by atoms with Gasteiger partial charge in [-0.3, -0.25) is 14.9 Å². The zero-order chi connectivity index (χ0) is 15.7. The van der Waals surface area contributed by atoms with Crippen LogP contribution in [0.3, 0.4) is 0 Å². The number of nitro benzene ring substituents is 1. The fourth-order valence-electron chi connectivity index (χ4n) is 2.33. The van der Waals surface area contributed by atoms with Crippen molar-refractivity contribution in [1.29, 1.82) is 0 Å². The van der Waals surface area contributed by atoms with E-state index in [-0.39, 0.29) is 17.5 Å². The second-order valence-corrected chi connectivity index (χ2v) is 4.85. The quantitative estimate of drug-likeness (QED) is 0.681. The fraction of sp³-hybridized carbons (Fsp3) is 0.286. The van der Waals surface area contributed by atoms with Crippen molar-refractivity contribution in [3.63, 3.8) is 0 Å². The van der Waals surface area contributed by atoms with Crippen LogP contribution in [0.25, 0.3) is 0 Å². The van der Waals surface area contributed by atoms with Gasteiger partial charge in [-0.1, -0.05) is 0 Å². The molecule has 1 heterocycles. The summed E-state index contributed by atoms with van der Waals surface area (Å²) in [5.74, 6) is -0.150. The van der Waals surface area contributed by atoms with Crippen molar-refractivity contribution in [2.45, 2.75) is 19.9 Å². The van der Waals surface area contributed by atoms with E-state index in [1.807, 2.05) is 0 Å². The number of hydrogen-bond donors (Lipinski definition) is 1. The topological polar surface area (TPSA) is 92.6 Å². The summed E-state index contributed by atoms with van der Waals surface area (Å²) in [6.07, 6.45) is 0. The van der Waals surface area contributed by atoms with Gasteiger partial charge in [-0.2, -0.15) is 0 Å². The van der Waals surface area contributed by atoms with E-state index in [1.165, 1.54) is 24.0 Å². The molecule has 1 aliphatic rings. The van der Waals surface area contributed by atoms with E-state index in [0.717, 1.165) is 0 Å². The van der Waals surface area contributed by atoms with E-state index in [0.29, 0.717) is 16.8 Å². The molecule has 1 unspecified atom stereocenters. The molecule has 2 amide bonds. The van der Waals surface area contributed by atoms with Gasteiger partial charge in [0.2, 0.25) is 0 Å². The van der Waals surface area contributed by atoms with Gasteiger partial charge in [-0.25, -0.2) is 4.79 Å². The monoisotopic (exact) mass is 289 g/mol. The average molecular weight is 289 g/mol. The first-order valence-corrected chi connectivity index (χ1v) is 6.33. The highest BCUT2D eigenvalue weighted by Crippen LogP contribution is 2.30. The molecular formula is C14H15N3O4. The van der Waals surface area contributed by atoms with Gasteiger partial charge in [0.15, 0.2) is 5.78 Å². The molecule has 0 saturated carbocycles. The van der Waals surface area contributed by atoms with Crippen LogP contribution in [0.5, 0.6) is 0 Å². The minimum atomic E-state index is -0.591. The molecule has 2 rings (SSSR count). The number of amides is 2. The molecule has 0 bridgehead atoms. The number of rotatable bonds is 3. The first-order chi connectivity index (χ1) is 9.82. The van der Waals surface area contributed by atoms with Crippen molar-refractivity contribution in [1.82, 2.24) is 10.2 Å². The first kappa shape index (κ1) is 14.7. The number of carbonyl (C=O) groups is 2. The summed E-state index contributed by atoms with van der Waals surface area (Å²) in [6, 6.07) is 4.89. The van der Waals surface area contributed by atoms with Gasteiger partial charge in [0, 0.05) is 30.5 Å². The summed E-state index contributed by atoms with van der Waals surface area (Å²) in [6.45, 7) is 3.14. The summed E-state index contributed by atoms with van der Waals surface area (Å²) in [5.41, 5.74) is 1.65. The lowest BCUT2D eigenvalue weighted by Gasteiger charge is -2.33. The molecule has 0 fully saturated rings. The molecule has 110 valence electrons. The number of ketones is 1. The number of carbonyl (C=O) groups excluding carboxylic acids is 2. The third kappa shape index (κ3) is 2.62. The van der Waals surface area contributed by atoms with E-state index >= 15 is 0 Å². The molecule has 0 saturated heterocycles. The number of Topliss-reactive ketones (excluding diaryl/α,β-unsaturated/α-hetero) is 1. The zero-order valence-electron chi connectivity index (χ0n) is 11.9. The summed E-state index contributed by atoms with van der Waals surface area (Å²) < 4.78 is 0. The van der Waals surface area contributed by atoms with E-state index in [4.69, 9.17) is 0 Å². The Morgan fingerprint density at radius 2 is 1.90 bits per heavy atom. The van der Waals surface area contributed by atoms with Crippen LogP contribution in [-0.4, -0.2) is 28.7 Å². The molecular weight excluding hydrogens is 274 g/mol. The van der Waals surface area contributed by atoms with Crippen molar-refractivity contribution in [3.8, 4) is 0 Å². The molecule has 0 spiro atoms. The number of benzene rings is 1. The van der Waals surface area contributed by atoms with Crippen LogP contribution in [0.15, 0.2) is 35.5 Å². The van der Waals surface area contributed by atoms with Gasteiger partial charge in [-0.05, 0) is 31.5 Å². The second kappa shape index (κ2) is 5.35. The normalized spacial score (nSPS) is 18.5. The van der Waals surface area contributed by atoms with Crippen molar-refractivity contribution in [2.24, 2.45) is 0 Å². The highest BCUT2D eigenvalue weighted by atomic mass is 16.6. The predicted molar refractivity (Wildman–Crippen MR) is 75.5 cm³/mol. The Labute approximate surface area is 121 Å². The number of allylic oxidation sites excluding steroid dienone is 1. The van der Waals surface area contributed by atoms with Crippen LogP contribution in [-0.2, 0) is 4.79 Å². The minimum absolute atomic E-state index is 0.0388. The highest BCUT2D eigenvalue weighted by molar-refractivity contribution is 5.98. The van der Waals surface area contributed by atoms with Crippen molar-refractivity contribution in [2.75, 3.05) is 7.05 Å². The van der Waals surface area contributed by atoms with Gasteiger partial charge < -0.3 is 10.2 Å². The lowest BCUT2D eigenvalue weighted by Crippen LogP contribution is -2.45. The maximum Gasteiger partial charge on any atom is 0.322 e. The van der Waals surface area contributed by atoms with Gasteiger partial charge in [-0.15, -0.1) is 0 Å². The molecule has 0 aliphatic carbocycles. The summed E-state index contributed by atoms with van der Waals surface area (Å²) in [5, 5.41) is 13.4. The molecule has 7 heteroatoms. The second-order valence-electron chi connectivity index (χ2n) is 4.85. The largest absolute Gasteiger partial charge is 0.327 e. The smallest absolute Gasteiger partial charge is 0.322 e. The Kier molecular flexibility index (Phi) is 3.75. The van der Waals surface area contributed by atoms with Gasteiger partial charge in [0.1, 0.15) is 0 Å². The Morgan fingerprint density at radius 1 is 1.33 bits per heavy atom. The zero-order valence-corrected chi connectivity index (χ0v) is 11.9. The number of nitro groups is 1. The van der Waals surface area contributed by atoms with Crippen molar-refractivity contribution >= 4 is 17.5 Å². The van der Waals surface area contributed by atoms with Gasteiger partial charge in [0.05, 0.1) is 11.0 Å². The molecule has 1 aromatic carbocycles. The Hall–Kier alpha value is -2.70. The lowest BCUT2D eigenvalue weighted by atomic mass is 9.92. The van der Waals surface area contributed by atoms with Crippen LogP contribution in [0.4, 0.5) is 10.5 Å². The molecule has 7 nitrogen and oxygen atoms in total. The fourth-order valence-corrected chi connectivity index (χ4v) is 2.33. The van der Waals surface area contributed by atoms with Crippen LogP contribution < -0.4 is 5.32 Å². The number of nitrogens with zero attached hydrogens (tertiary/aromatic N) is 2. The van der Waals surface area contributed by atoms with E-state index in [9.17, 15) is 19.7 Å². The molecule has 0 radical (unpaired) electrons. The Bertz CT molecular complexity index is 649. The SMILES string of the molecule is CC(=O)C1=C(C)N(C)C(=O)NC1c1ccc([N+](=O)[O-])cc1. The van der Waals surface area contributed by atoms with Crippen LogP contribution in [0.1, 0.15) is 25.5 Å². The number of nitrogens with one attached hydrogen (secondary N) is 1. The van der Waals surface area contributed by atoms with Crippen molar-refractivity contribution < 1.29 is 14.5 Å². The maximum absolute atomic E-state index is 11.9. The molecule has 1 aromatic rings. The minimum Gasteiger partial charge on any atom is -0.327 e. The summed E-state index contributed by atoms with van der Waals surface area (Å²) >= 11 is 0. The molecule has 1 atom stereocenters. The Morgan fingerprint density at radius 3 is 2.38 bits per heavy atom. The van der Waals surface area contributed by atoms with E-state index < -0.39 is 11.0 Å². The van der Waals surface area contributed by atoms with E-state index in [2.05, 4.69) is 5.32 Å². The third-order valence-corrected chi connectivity index (χ3v) is 3.57. The predicted octanol–water partition coefficient (Wildman–Crippen LogP) is 2.15. The average Bonchev–Trinajstić information content (AvgIpc) is 2.44. The first-order valence-electron chi connectivity index (χ1n) is 6.33. The number of hydrogen-bond acceptors (Lipinski definition) is 4. The van der Waals surface area contributed by atoms with Crippen molar-refractivity contribution in [3.05, 3.63) is 51.2 Å². The van der Waals surface area contributed by atoms with Gasteiger partial charge in [0.25, 0.3) is 5.69 Å². The number of non-ortho nitro benzene ring substituents is 1. The highest BCUT2D eigenvalue weighted by Gasteiger charge is 2.32. The maximum atomic E-state index is 11.9.